The molecule has 0 unspecified atom stereocenters. The van der Waals surface area contributed by atoms with Crippen LogP contribution in [0.1, 0.15) is 16.3 Å². The number of ether oxygens (including phenoxy) is 2. The van der Waals surface area contributed by atoms with E-state index in [2.05, 4.69) is 10.3 Å². The van der Waals surface area contributed by atoms with Crippen LogP contribution >= 0.6 is 11.3 Å². The predicted octanol–water partition coefficient (Wildman–Crippen LogP) is 3.75. The lowest BCUT2D eigenvalue weighted by atomic mass is 10.2. The number of nitrogens with zero attached hydrogens (tertiary/aromatic N) is 1. The van der Waals surface area contributed by atoms with E-state index >= 15 is 0 Å². The number of hydrogen-bond acceptors (Lipinski definition) is 6. The number of anilines is 1. The van der Waals surface area contributed by atoms with Crippen molar-refractivity contribution in [3.05, 3.63) is 76.2 Å². The van der Waals surface area contributed by atoms with Gasteiger partial charge in [0.15, 0.2) is 6.61 Å². The number of carbonyl (C=O) groups is 2. The molecular formula is C21H20N2O4S. The summed E-state index contributed by atoms with van der Waals surface area (Å²) < 4.78 is 10.5. The van der Waals surface area contributed by atoms with Gasteiger partial charge < -0.3 is 14.8 Å². The number of benzene rings is 2. The van der Waals surface area contributed by atoms with Gasteiger partial charge in [-0.15, -0.1) is 11.3 Å². The molecule has 0 bridgehead atoms. The molecule has 2 aromatic carbocycles. The van der Waals surface area contributed by atoms with Crippen LogP contribution in [0.3, 0.4) is 0 Å². The average molecular weight is 396 g/mol. The van der Waals surface area contributed by atoms with Gasteiger partial charge in [0.25, 0.3) is 0 Å². The normalized spacial score (nSPS) is 10.3. The second-order valence-electron chi connectivity index (χ2n) is 6.03. The molecule has 28 heavy (non-hydrogen) atoms. The van der Waals surface area contributed by atoms with Gasteiger partial charge in [-0.1, -0.05) is 36.4 Å². The van der Waals surface area contributed by atoms with Crippen molar-refractivity contribution in [1.29, 1.82) is 0 Å². The Morgan fingerprint density at radius 1 is 1.07 bits per heavy atom. The van der Waals surface area contributed by atoms with E-state index in [1.54, 1.807) is 17.5 Å². The molecule has 0 spiro atoms. The summed E-state index contributed by atoms with van der Waals surface area (Å²) in [4.78, 5) is 28.3. The minimum Gasteiger partial charge on any atom is -0.482 e. The summed E-state index contributed by atoms with van der Waals surface area (Å²) in [6.45, 7) is 1.82. The number of nitrogens with one attached hydrogen (secondary N) is 1. The van der Waals surface area contributed by atoms with Crippen LogP contribution in [0.15, 0.2) is 60.0 Å². The first-order chi connectivity index (χ1) is 13.6. The van der Waals surface area contributed by atoms with E-state index in [-0.39, 0.29) is 25.5 Å². The number of rotatable bonds is 8. The number of amides is 1. The fourth-order valence-electron chi connectivity index (χ4n) is 2.40. The van der Waals surface area contributed by atoms with Gasteiger partial charge in [0.2, 0.25) is 5.91 Å². The van der Waals surface area contributed by atoms with Crippen molar-refractivity contribution < 1.29 is 19.1 Å². The lowest BCUT2D eigenvalue weighted by Crippen LogP contribution is -2.15. The monoisotopic (exact) mass is 396 g/mol. The van der Waals surface area contributed by atoms with Gasteiger partial charge in [-0.3, -0.25) is 4.79 Å². The predicted molar refractivity (Wildman–Crippen MR) is 107 cm³/mol. The third kappa shape index (κ3) is 5.92. The first kappa shape index (κ1) is 19.6. The van der Waals surface area contributed by atoms with Crippen LogP contribution in [0, 0.1) is 6.92 Å². The van der Waals surface area contributed by atoms with Crippen LogP contribution in [0.5, 0.6) is 5.75 Å². The molecule has 1 amide bonds. The molecule has 0 radical (unpaired) electrons. The summed E-state index contributed by atoms with van der Waals surface area (Å²) in [6, 6.07) is 16.6. The SMILES string of the molecule is Cc1ccccc1NC(=O)Cc1nc(COC(=O)COc2ccccc2)cs1. The summed E-state index contributed by atoms with van der Waals surface area (Å²) in [6.07, 6.45) is 0.171. The fraction of sp³-hybridized carbons (Fsp3) is 0.190. The molecule has 0 aliphatic carbocycles. The maximum absolute atomic E-state index is 12.2. The van der Waals surface area contributed by atoms with Crippen molar-refractivity contribution in [3.63, 3.8) is 0 Å². The van der Waals surface area contributed by atoms with Gasteiger partial charge >= 0.3 is 5.97 Å². The van der Waals surface area contributed by atoms with Crippen molar-refractivity contribution >= 4 is 28.9 Å². The fourth-order valence-corrected chi connectivity index (χ4v) is 3.17. The van der Waals surface area contributed by atoms with Crippen LogP contribution in [-0.4, -0.2) is 23.5 Å². The largest absolute Gasteiger partial charge is 0.482 e. The molecular weight excluding hydrogens is 376 g/mol. The summed E-state index contributed by atoms with van der Waals surface area (Å²) in [7, 11) is 0. The van der Waals surface area contributed by atoms with E-state index in [0.29, 0.717) is 16.5 Å². The third-order valence-corrected chi connectivity index (χ3v) is 4.71. The van der Waals surface area contributed by atoms with E-state index in [1.807, 2.05) is 49.4 Å². The smallest absolute Gasteiger partial charge is 0.344 e. The molecule has 1 heterocycles. The molecule has 1 N–H and O–H groups in total. The highest BCUT2D eigenvalue weighted by molar-refractivity contribution is 7.09. The molecule has 0 fully saturated rings. The van der Waals surface area contributed by atoms with Crippen molar-refractivity contribution in [3.8, 4) is 5.75 Å². The van der Waals surface area contributed by atoms with Crippen molar-refractivity contribution in [1.82, 2.24) is 4.98 Å². The van der Waals surface area contributed by atoms with E-state index in [9.17, 15) is 9.59 Å². The molecule has 0 atom stereocenters. The zero-order valence-electron chi connectivity index (χ0n) is 15.4. The van der Waals surface area contributed by atoms with E-state index in [1.165, 1.54) is 11.3 Å². The molecule has 7 heteroatoms. The Balaban J connectivity index is 1.43. The Kier molecular flexibility index (Phi) is 6.75. The topological polar surface area (TPSA) is 77.5 Å². The van der Waals surface area contributed by atoms with Gasteiger partial charge in [-0.25, -0.2) is 9.78 Å². The van der Waals surface area contributed by atoms with Crippen molar-refractivity contribution in [2.45, 2.75) is 20.0 Å². The lowest BCUT2D eigenvalue weighted by Gasteiger charge is -2.07. The van der Waals surface area contributed by atoms with Crippen molar-refractivity contribution in [2.75, 3.05) is 11.9 Å². The molecule has 6 nitrogen and oxygen atoms in total. The molecule has 3 aromatic rings. The van der Waals surface area contributed by atoms with Gasteiger partial charge in [-0.2, -0.15) is 0 Å². The highest BCUT2D eigenvalue weighted by atomic mass is 32.1. The molecule has 1 aromatic heterocycles. The zero-order chi connectivity index (χ0) is 19.8. The second kappa shape index (κ2) is 9.66. The lowest BCUT2D eigenvalue weighted by molar-refractivity contribution is -0.147. The standard InChI is InChI=1S/C21H20N2O4S/c1-15-7-5-6-10-18(15)23-19(24)11-20-22-16(14-28-20)12-27-21(25)13-26-17-8-3-2-4-9-17/h2-10,14H,11-13H2,1H3,(H,23,24). The first-order valence-electron chi connectivity index (χ1n) is 8.72. The molecule has 0 saturated carbocycles. The summed E-state index contributed by atoms with van der Waals surface area (Å²) >= 11 is 1.36. The Morgan fingerprint density at radius 3 is 2.61 bits per heavy atom. The number of thiazole rings is 1. The van der Waals surface area contributed by atoms with E-state index in [4.69, 9.17) is 9.47 Å². The van der Waals surface area contributed by atoms with E-state index < -0.39 is 5.97 Å². The minimum atomic E-state index is -0.476. The summed E-state index contributed by atoms with van der Waals surface area (Å²) in [5, 5.41) is 5.32. The summed E-state index contributed by atoms with van der Waals surface area (Å²) in [5.74, 6) is -0.00536. The summed E-state index contributed by atoms with van der Waals surface area (Å²) in [5.41, 5.74) is 2.40. The number of aromatic nitrogens is 1. The first-order valence-corrected chi connectivity index (χ1v) is 9.60. The Labute approximate surface area is 167 Å². The third-order valence-electron chi connectivity index (χ3n) is 3.81. The Hall–Kier alpha value is -3.19. The highest BCUT2D eigenvalue weighted by Crippen LogP contribution is 2.16. The number of para-hydroxylation sites is 2. The Bertz CT molecular complexity index is 940. The molecule has 0 saturated heterocycles. The second-order valence-corrected chi connectivity index (χ2v) is 6.98. The highest BCUT2D eigenvalue weighted by Gasteiger charge is 2.11. The minimum absolute atomic E-state index is 0.0485. The van der Waals surface area contributed by atoms with Gasteiger partial charge in [0.1, 0.15) is 17.4 Å². The van der Waals surface area contributed by atoms with Gasteiger partial charge in [-0.05, 0) is 30.7 Å². The van der Waals surface area contributed by atoms with E-state index in [0.717, 1.165) is 11.3 Å². The number of esters is 1. The molecule has 0 aliphatic rings. The molecule has 144 valence electrons. The molecule has 3 rings (SSSR count). The molecule has 0 aliphatic heterocycles. The van der Waals surface area contributed by atoms with Crippen LogP contribution in [0.25, 0.3) is 0 Å². The van der Waals surface area contributed by atoms with Gasteiger partial charge in [0.05, 0.1) is 12.1 Å². The number of aryl methyl sites for hydroxylation is 1. The maximum atomic E-state index is 12.2. The Morgan fingerprint density at radius 2 is 1.82 bits per heavy atom. The zero-order valence-corrected chi connectivity index (χ0v) is 16.2. The van der Waals surface area contributed by atoms with Crippen LogP contribution in [0.4, 0.5) is 5.69 Å². The number of carbonyl (C=O) groups excluding carboxylic acids is 2. The van der Waals surface area contributed by atoms with Crippen molar-refractivity contribution in [2.24, 2.45) is 0 Å². The van der Waals surface area contributed by atoms with Crippen LogP contribution < -0.4 is 10.1 Å². The number of hydrogen-bond donors (Lipinski definition) is 1. The quantitative estimate of drug-likeness (QED) is 0.587. The van der Waals surface area contributed by atoms with Gasteiger partial charge in [0, 0.05) is 11.1 Å². The van der Waals surface area contributed by atoms with Crippen LogP contribution in [-0.2, 0) is 27.4 Å². The maximum Gasteiger partial charge on any atom is 0.344 e. The van der Waals surface area contributed by atoms with Crippen LogP contribution in [0.2, 0.25) is 0 Å². The average Bonchev–Trinajstić information content (AvgIpc) is 3.14.